The summed E-state index contributed by atoms with van der Waals surface area (Å²) in [6, 6.07) is 8.45. The Bertz CT molecular complexity index is 649. The number of fused-ring (bicyclic) bond motifs is 1. The van der Waals surface area contributed by atoms with E-state index in [4.69, 9.17) is 0 Å². The highest BCUT2D eigenvalue weighted by molar-refractivity contribution is 7.15. The molecule has 0 saturated heterocycles. The van der Waals surface area contributed by atoms with E-state index in [2.05, 4.69) is 53.7 Å². The Morgan fingerprint density at radius 3 is 2.81 bits per heavy atom. The van der Waals surface area contributed by atoms with Crippen molar-refractivity contribution >= 4 is 16.9 Å². The van der Waals surface area contributed by atoms with Crippen molar-refractivity contribution in [3.05, 3.63) is 47.1 Å². The van der Waals surface area contributed by atoms with Crippen molar-refractivity contribution in [1.82, 2.24) is 9.38 Å². The molecule has 0 N–H and O–H groups in total. The van der Waals surface area contributed by atoms with Crippen LogP contribution in [-0.2, 0) is 0 Å². The van der Waals surface area contributed by atoms with Crippen molar-refractivity contribution in [2.75, 3.05) is 0 Å². The molecule has 0 bridgehead atoms. The van der Waals surface area contributed by atoms with Crippen LogP contribution >= 0.6 is 11.3 Å². The summed E-state index contributed by atoms with van der Waals surface area (Å²) in [6.45, 7) is 4.23. The van der Waals surface area contributed by atoms with Gasteiger partial charge in [-0.3, -0.25) is 4.40 Å². The lowest BCUT2D eigenvalue weighted by Crippen LogP contribution is -1.88. The molecule has 0 spiro atoms. The lowest BCUT2D eigenvalue weighted by atomic mass is 10.2. The summed E-state index contributed by atoms with van der Waals surface area (Å²) in [5.74, 6) is 1.04. The summed E-state index contributed by atoms with van der Waals surface area (Å²) in [4.78, 5) is 7.06. The Balaban J connectivity index is 2.29. The highest BCUT2D eigenvalue weighted by Gasteiger charge is 2.08. The van der Waals surface area contributed by atoms with Crippen LogP contribution in [0.15, 0.2) is 36.7 Å². The van der Waals surface area contributed by atoms with E-state index in [9.17, 15) is 0 Å². The average Bonchev–Trinajstić information content (AvgIpc) is 2.84. The van der Waals surface area contributed by atoms with E-state index in [-0.39, 0.29) is 0 Å². The normalized spacial score (nSPS) is 11.1. The Hall–Kier alpha value is -1.61. The molecule has 3 heteroatoms. The first-order valence-electron chi connectivity index (χ1n) is 5.25. The van der Waals surface area contributed by atoms with Crippen molar-refractivity contribution in [2.45, 2.75) is 13.8 Å². The predicted molar refractivity (Wildman–Crippen MR) is 68.0 cm³/mol. The smallest absolute Gasteiger partial charge is 0.154 e. The number of thiophene rings is 1. The van der Waals surface area contributed by atoms with Gasteiger partial charge in [0.25, 0.3) is 0 Å². The maximum atomic E-state index is 4.51. The zero-order valence-corrected chi connectivity index (χ0v) is 10.1. The van der Waals surface area contributed by atoms with Crippen molar-refractivity contribution in [1.29, 1.82) is 0 Å². The second-order valence-corrected chi connectivity index (χ2v) is 5.23. The number of hydrogen-bond donors (Lipinski definition) is 0. The maximum Gasteiger partial charge on any atom is 0.154 e. The molecule has 3 aromatic rings. The molecule has 0 atom stereocenters. The van der Waals surface area contributed by atoms with Crippen molar-refractivity contribution in [3.63, 3.8) is 0 Å². The van der Waals surface area contributed by atoms with E-state index < -0.39 is 0 Å². The summed E-state index contributed by atoms with van der Waals surface area (Å²) >= 11 is 1.78. The van der Waals surface area contributed by atoms with Gasteiger partial charge in [-0.1, -0.05) is 6.07 Å². The van der Waals surface area contributed by atoms with Gasteiger partial charge in [-0.2, -0.15) is 0 Å². The fourth-order valence-corrected chi connectivity index (χ4v) is 2.76. The standard InChI is InChI=1S/C13H12N2S/c1-9-4-3-7-15-11(9)8-14-13(15)12-6-5-10(2)16-12/h3-8H,1-2H3. The van der Waals surface area contributed by atoms with Crippen molar-refractivity contribution < 1.29 is 0 Å². The van der Waals surface area contributed by atoms with Gasteiger partial charge in [-0.15, -0.1) is 11.3 Å². The zero-order valence-electron chi connectivity index (χ0n) is 9.27. The summed E-state index contributed by atoms with van der Waals surface area (Å²) in [6.07, 6.45) is 4.01. The van der Waals surface area contributed by atoms with Gasteiger partial charge in [0.1, 0.15) is 0 Å². The summed E-state index contributed by atoms with van der Waals surface area (Å²) in [7, 11) is 0. The number of hydrogen-bond acceptors (Lipinski definition) is 2. The fourth-order valence-electron chi connectivity index (χ4n) is 1.90. The zero-order chi connectivity index (χ0) is 11.1. The molecule has 0 amide bonds. The van der Waals surface area contributed by atoms with Gasteiger partial charge in [-0.05, 0) is 37.6 Å². The molecule has 0 unspecified atom stereocenters. The highest BCUT2D eigenvalue weighted by Crippen LogP contribution is 2.27. The molecular formula is C13H12N2S. The number of nitrogens with zero attached hydrogens (tertiary/aromatic N) is 2. The van der Waals surface area contributed by atoms with Crippen molar-refractivity contribution in [2.24, 2.45) is 0 Å². The van der Waals surface area contributed by atoms with Crippen LogP contribution in [0.3, 0.4) is 0 Å². The van der Waals surface area contributed by atoms with Crippen LogP contribution in [0.1, 0.15) is 10.4 Å². The molecule has 80 valence electrons. The summed E-state index contributed by atoms with van der Waals surface area (Å²) in [5, 5.41) is 0. The molecule has 0 aliphatic rings. The molecule has 0 saturated carbocycles. The van der Waals surface area contributed by atoms with Crippen molar-refractivity contribution in [3.8, 4) is 10.7 Å². The molecule has 0 aliphatic heterocycles. The maximum absolute atomic E-state index is 4.51. The van der Waals surface area contributed by atoms with Crippen LogP contribution in [0.5, 0.6) is 0 Å². The number of aryl methyl sites for hydroxylation is 2. The van der Waals surface area contributed by atoms with Gasteiger partial charge < -0.3 is 0 Å². The van der Waals surface area contributed by atoms with Gasteiger partial charge in [0.2, 0.25) is 0 Å². The van der Waals surface area contributed by atoms with E-state index in [0.717, 1.165) is 5.82 Å². The molecule has 0 aliphatic carbocycles. The van der Waals surface area contributed by atoms with E-state index >= 15 is 0 Å². The Morgan fingerprint density at radius 2 is 2.06 bits per heavy atom. The molecule has 0 radical (unpaired) electrons. The third-order valence-corrected chi connectivity index (χ3v) is 3.74. The SMILES string of the molecule is Cc1ccc(-c2ncc3c(C)cccn23)s1. The van der Waals surface area contributed by atoms with E-state index in [1.165, 1.54) is 20.8 Å². The molecule has 3 heterocycles. The monoisotopic (exact) mass is 228 g/mol. The summed E-state index contributed by atoms with van der Waals surface area (Å²) in [5.41, 5.74) is 2.44. The third kappa shape index (κ3) is 1.36. The minimum atomic E-state index is 1.04. The van der Waals surface area contributed by atoms with Crippen LogP contribution in [0, 0.1) is 13.8 Å². The van der Waals surface area contributed by atoms with Gasteiger partial charge in [-0.25, -0.2) is 4.98 Å². The second-order valence-electron chi connectivity index (χ2n) is 3.94. The van der Waals surface area contributed by atoms with Gasteiger partial charge in [0.05, 0.1) is 16.6 Å². The quantitative estimate of drug-likeness (QED) is 0.621. The molecule has 3 rings (SSSR count). The van der Waals surface area contributed by atoms with Gasteiger partial charge >= 0.3 is 0 Å². The lowest BCUT2D eigenvalue weighted by Gasteiger charge is -2.00. The first-order valence-corrected chi connectivity index (χ1v) is 6.07. The molecule has 2 nitrogen and oxygen atoms in total. The van der Waals surface area contributed by atoms with Crippen LogP contribution in [0.25, 0.3) is 16.2 Å². The first-order chi connectivity index (χ1) is 7.75. The molecular weight excluding hydrogens is 216 g/mol. The lowest BCUT2D eigenvalue weighted by molar-refractivity contribution is 1.16. The Labute approximate surface area is 98.2 Å². The highest BCUT2D eigenvalue weighted by atomic mass is 32.1. The van der Waals surface area contributed by atoms with Gasteiger partial charge in [0, 0.05) is 11.1 Å². The molecule has 3 aromatic heterocycles. The third-order valence-electron chi connectivity index (χ3n) is 2.74. The van der Waals surface area contributed by atoms with Crippen LogP contribution in [-0.4, -0.2) is 9.38 Å². The minimum absolute atomic E-state index is 1.04. The average molecular weight is 228 g/mol. The summed E-state index contributed by atoms with van der Waals surface area (Å²) < 4.78 is 2.15. The van der Waals surface area contributed by atoms with Gasteiger partial charge in [0.15, 0.2) is 5.82 Å². The van der Waals surface area contributed by atoms with Crippen LogP contribution in [0.4, 0.5) is 0 Å². The Kier molecular flexibility index (Phi) is 2.07. The largest absolute Gasteiger partial charge is 0.299 e. The van der Waals surface area contributed by atoms with E-state index in [1.807, 2.05) is 6.20 Å². The molecule has 16 heavy (non-hydrogen) atoms. The minimum Gasteiger partial charge on any atom is -0.299 e. The van der Waals surface area contributed by atoms with E-state index in [1.54, 1.807) is 11.3 Å². The second kappa shape index (κ2) is 3.46. The van der Waals surface area contributed by atoms with Crippen LogP contribution < -0.4 is 0 Å². The van der Waals surface area contributed by atoms with Crippen LogP contribution in [0.2, 0.25) is 0 Å². The van der Waals surface area contributed by atoms with E-state index in [0.29, 0.717) is 0 Å². The molecule has 0 aromatic carbocycles. The number of aromatic nitrogens is 2. The number of pyridine rings is 1. The Morgan fingerprint density at radius 1 is 1.19 bits per heavy atom. The topological polar surface area (TPSA) is 17.3 Å². The molecule has 0 fully saturated rings. The fraction of sp³-hybridized carbons (Fsp3) is 0.154. The number of rotatable bonds is 1. The number of imidazole rings is 1. The first kappa shape index (κ1) is 9.60. The predicted octanol–water partition coefficient (Wildman–Crippen LogP) is 3.68.